The molecule has 1 aromatic heterocycles. The quantitative estimate of drug-likeness (QED) is 0.756. The van der Waals surface area contributed by atoms with Gasteiger partial charge in [0.15, 0.2) is 0 Å². The molecule has 1 aromatic rings. The highest BCUT2D eigenvalue weighted by Crippen LogP contribution is 2.29. The van der Waals surface area contributed by atoms with E-state index in [0.29, 0.717) is 19.4 Å². The Hall–Kier alpha value is -1.82. The van der Waals surface area contributed by atoms with E-state index in [9.17, 15) is 9.59 Å². The van der Waals surface area contributed by atoms with E-state index in [1.807, 2.05) is 12.1 Å². The number of likely N-dealkylation sites (N-methyl/N-ethyl adjacent to an activating group) is 1. The largest absolute Gasteiger partial charge is 0.468 e. The van der Waals surface area contributed by atoms with Gasteiger partial charge in [0.05, 0.1) is 12.3 Å². The SMILES string of the molecule is CCN(CC)C(CNC(=O)C1(NC(C)=O)CCCCC1)c1ccco1. The van der Waals surface area contributed by atoms with Crippen molar-refractivity contribution in [1.29, 1.82) is 0 Å². The van der Waals surface area contributed by atoms with Gasteiger partial charge in [-0.05, 0) is 38.1 Å². The van der Waals surface area contributed by atoms with Gasteiger partial charge in [-0.2, -0.15) is 0 Å². The molecule has 2 amide bonds. The van der Waals surface area contributed by atoms with Crippen molar-refractivity contribution < 1.29 is 14.0 Å². The van der Waals surface area contributed by atoms with E-state index < -0.39 is 5.54 Å². The standard InChI is InChI=1S/C19H31N3O3/c1-4-22(5-2)16(17-10-9-13-25-17)14-20-18(24)19(21-15(3)23)11-7-6-8-12-19/h9-10,13,16H,4-8,11-12,14H2,1-3H3,(H,20,24)(H,21,23). The number of hydrogen-bond acceptors (Lipinski definition) is 4. The topological polar surface area (TPSA) is 74.6 Å². The molecule has 0 bridgehead atoms. The van der Waals surface area contributed by atoms with Crippen molar-refractivity contribution in [2.75, 3.05) is 19.6 Å². The van der Waals surface area contributed by atoms with Gasteiger partial charge in [0, 0.05) is 13.5 Å². The lowest BCUT2D eigenvalue weighted by molar-refractivity contribution is -0.134. The number of nitrogens with zero attached hydrogens (tertiary/aromatic N) is 1. The Morgan fingerprint density at radius 1 is 1.24 bits per heavy atom. The van der Waals surface area contributed by atoms with Crippen LogP contribution in [0.1, 0.15) is 64.7 Å². The molecule has 6 nitrogen and oxygen atoms in total. The van der Waals surface area contributed by atoms with Crippen LogP contribution in [0, 0.1) is 0 Å². The number of carbonyl (C=O) groups excluding carboxylic acids is 2. The zero-order valence-corrected chi connectivity index (χ0v) is 15.6. The van der Waals surface area contributed by atoms with Gasteiger partial charge in [0.1, 0.15) is 11.3 Å². The lowest BCUT2D eigenvalue weighted by Gasteiger charge is -2.37. The summed E-state index contributed by atoms with van der Waals surface area (Å²) in [5.74, 6) is 0.621. The fourth-order valence-corrected chi connectivity index (χ4v) is 3.81. The number of hydrogen-bond donors (Lipinski definition) is 2. The third kappa shape index (κ3) is 4.84. The second-order valence-corrected chi connectivity index (χ2v) is 6.79. The molecule has 0 saturated heterocycles. The van der Waals surface area contributed by atoms with Gasteiger partial charge in [-0.25, -0.2) is 0 Å². The molecular formula is C19H31N3O3. The van der Waals surface area contributed by atoms with Crippen molar-refractivity contribution >= 4 is 11.8 Å². The monoisotopic (exact) mass is 349 g/mol. The van der Waals surface area contributed by atoms with Crippen LogP contribution in [0.25, 0.3) is 0 Å². The maximum atomic E-state index is 13.0. The molecule has 1 aliphatic carbocycles. The lowest BCUT2D eigenvalue weighted by atomic mass is 9.80. The smallest absolute Gasteiger partial charge is 0.245 e. The molecule has 2 rings (SSSR count). The van der Waals surface area contributed by atoms with Gasteiger partial charge < -0.3 is 15.1 Å². The van der Waals surface area contributed by atoms with Gasteiger partial charge in [-0.15, -0.1) is 0 Å². The van der Waals surface area contributed by atoms with Crippen LogP contribution in [0.5, 0.6) is 0 Å². The second kappa shape index (κ2) is 9.04. The Balaban J connectivity index is 2.09. The first kappa shape index (κ1) is 19.5. The zero-order valence-electron chi connectivity index (χ0n) is 15.6. The maximum absolute atomic E-state index is 13.0. The second-order valence-electron chi connectivity index (χ2n) is 6.79. The summed E-state index contributed by atoms with van der Waals surface area (Å²) < 4.78 is 5.59. The van der Waals surface area contributed by atoms with Crippen LogP contribution in [0.15, 0.2) is 22.8 Å². The molecule has 1 atom stereocenters. The fourth-order valence-electron chi connectivity index (χ4n) is 3.81. The minimum absolute atomic E-state index is 0.00748. The van der Waals surface area contributed by atoms with Gasteiger partial charge in [0.25, 0.3) is 0 Å². The molecule has 6 heteroatoms. The fraction of sp³-hybridized carbons (Fsp3) is 0.684. The highest BCUT2D eigenvalue weighted by atomic mass is 16.3. The van der Waals surface area contributed by atoms with E-state index in [0.717, 1.165) is 38.1 Å². The number of furan rings is 1. The number of carbonyl (C=O) groups is 2. The van der Waals surface area contributed by atoms with Crippen molar-refractivity contribution in [3.05, 3.63) is 24.2 Å². The molecular weight excluding hydrogens is 318 g/mol. The van der Waals surface area contributed by atoms with Gasteiger partial charge in [-0.3, -0.25) is 14.5 Å². The van der Waals surface area contributed by atoms with Crippen molar-refractivity contribution in [2.45, 2.75) is 64.5 Å². The molecule has 2 N–H and O–H groups in total. The molecule has 1 aliphatic rings. The Labute approximate surface area is 150 Å². The third-order valence-corrected chi connectivity index (χ3v) is 5.14. The third-order valence-electron chi connectivity index (χ3n) is 5.14. The van der Waals surface area contributed by atoms with Crippen LogP contribution in [0.3, 0.4) is 0 Å². The van der Waals surface area contributed by atoms with E-state index in [2.05, 4.69) is 29.4 Å². The van der Waals surface area contributed by atoms with Crippen molar-refractivity contribution in [3.8, 4) is 0 Å². The van der Waals surface area contributed by atoms with E-state index in [4.69, 9.17) is 4.42 Å². The molecule has 1 saturated carbocycles. The number of nitrogens with one attached hydrogen (secondary N) is 2. The Kier molecular flexibility index (Phi) is 7.05. The predicted octanol–water partition coefficient (Wildman–Crippen LogP) is 2.62. The average molecular weight is 349 g/mol. The zero-order chi connectivity index (χ0) is 18.3. The molecule has 25 heavy (non-hydrogen) atoms. The molecule has 140 valence electrons. The Morgan fingerprint density at radius 2 is 1.92 bits per heavy atom. The molecule has 1 unspecified atom stereocenters. The van der Waals surface area contributed by atoms with Gasteiger partial charge in [0.2, 0.25) is 11.8 Å². The Morgan fingerprint density at radius 3 is 2.44 bits per heavy atom. The Bertz CT molecular complexity index is 546. The van der Waals surface area contributed by atoms with Crippen LogP contribution < -0.4 is 10.6 Å². The van der Waals surface area contributed by atoms with Crippen LogP contribution in [0.4, 0.5) is 0 Å². The lowest BCUT2D eigenvalue weighted by Crippen LogP contribution is -2.60. The summed E-state index contributed by atoms with van der Waals surface area (Å²) in [6, 6.07) is 3.80. The summed E-state index contributed by atoms with van der Waals surface area (Å²) in [6.07, 6.45) is 6.11. The summed E-state index contributed by atoms with van der Waals surface area (Å²) in [5, 5.41) is 6.00. The molecule has 1 heterocycles. The highest BCUT2D eigenvalue weighted by Gasteiger charge is 2.40. The number of amides is 2. The minimum Gasteiger partial charge on any atom is -0.468 e. The normalized spacial score (nSPS) is 17.9. The first-order valence-electron chi connectivity index (χ1n) is 9.37. The van der Waals surface area contributed by atoms with Gasteiger partial charge in [-0.1, -0.05) is 33.1 Å². The first-order chi connectivity index (χ1) is 12.0. The molecule has 1 fully saturated rings. The van der Waals surface area contributed by atoms with E-state index in [-0.39, 0.29) is 17.9 Å². The van der Waals surface area contributed by atoms with Crippen molar-refractivity contribution in [3.63, 3.8) is 0 Å². The maximum Gasteiger partial charge on any atom is 0.245 e. The molecule has 0 spiro atoms. The summed E-state index contributed by atoms with van der Waals surface area (Å²) in [4.78, 5) is 26.8. The van der Waals surface area contributed by atoms with Crippen LogP contribution in [0.2, 0.25) is 0 Å². The minimum atomic E-state index is -0.763. The van der Waals surface area contributed by atoms with E-state index in [1.165, 1.54) is 6.92 Å². The first-order valence-corrected chi connectivity index (χ1v) is 9.37. The predicted molar refractivity (Wildman–Crippen MR) is 97.0 cm³/mol. The van der Waals surface area contributed by atoms with E-state index >= 15 is 0 Å². The average Bonchev–Trinajstić information content (AvgIpc) is 3.12. The highest BCUT2D eigenvalue weighted by molar-refractivity contribution is 5.91. The van der Waals surface area contributed by atoms with Crippen molar-refractivity contribution in [1.82, 2.24) is 15.5 Å². The number of rotatable bonds is 8. The summed E-state index contributed by atoms with van der Waals surface area (Å²) >= 11 is 0. The molecule has 0 aromatic carbocycles. The van der Waals surface area contributed by atoms with Crippen LogP contribution in [-0.4, -0.2) is 41.9 Å². The van der Waals surface area contributed by atoms with Gasteiger partial charge >= 0.3 is 0 Å². The van der Waals surface area contributed by atoms with E-state index in [1.54, 1.807) is 6.26 Å². The summed E-state index contributed by atoms with van der Waals surface area (Å²) in [5.41, 5.74) is -0.763. The summed E-state index contributed by atoms with van der Waals surface area (Å²) in [6.45, 7) is 7.88. The van der Waals surface area contributed by atoms with Crippen molar-refractivity contribution in [2.24, 2.45) is 0 Å². The molecule has 0 radical (unpaired) electrons. The molecule has 0 aliphatic heterocycles. The van der Waals surface area contributed by atoms with Crippen LogP contribution in [-0.2, 0) is 9.59 Å². The van der Waals surface area contributed by atoms with Crippen LogP contribution >= 0.6 is 0 Å². The summed E-state index contributed by atoms with van der Waals surface area (Å²) in [7, 11) is 0.